The standard InChI is InChI=1S/C40H33N2O2/c1-29-11-9-13-33(27-29)39(43)42(37-17-7-4-8-18-37,40(44)34-14-10-12-30(2)28-34)38-25-21-32(22-26-38)31-19-23-36(24-20-31)41-35-15-5-3-6-16-35/h3-28,41H,1-2H3/q+1. The smallest absolute Gasteiger partial charge is 0.356 e. The van der Waals surface area contributed by atoms with Gasteiger partial charge in [0.1, 0.15) is 0 Å². The maximum absolute atomic E-state index is 14.8. The predicted octanol–water partition coefficient (Wildman–Crippen LogP) is 10.0. The van der Waals surface area contributed by atoms with Crippen LogP contribution in [-0.2, 0) is 0 Å². The highest BCUT2D eigenvalue weighted by atomic mass is 16.2. The largest absolute Gasteiger partial charge is 0.363 e. The molecule has 0 saturated carbocycles. The molecule has 0 radical (unpaired) electrons. The number of para-hydroxylation sites is 2. The van der Waals surface area contributed by atoms with E-state index in [9.17, 15) is 9.59 Å². The van der Waals surface area contributed by atoms with Gasteiger partial charge in [0, 0.05) is 35.6 Å². The minimum absolute atomic E-state index is 0.310. The summed E-state index contributed by atoms with van der Waals surface area (Å²) in [5.41, 5.74) is 8.02. The summed E-state index contributed by atoms with van der Waals surface area (Å²) in [4.78, 5) is 29.6. The number of amides is 2. The van der Waals surface area contributed by atoms with Crippen LogP contribution in [0.4, 0.5) is 22.7 Å². The monoisotopic (exact) mass is 573 g/mol. The van der Waals surface area contributed by atoms with E-state index < -0.39 is 4.48 Å². The van der Waals surface area contributed by atoms with Crippen molar-refractivity contribution in [2.24, 2.45) is 0 Å². The van der Waals surface area contributed by atoms with Gasteiger partial charge in [0.2, 0.25) is 0 Å². The molecule has 0 saturated heterocycles. The van der Waals surface area contributed by atoms with E-state index in [1.54, 1.807) is 12.1 Å². The minimum atomic E-state index is -0.603. The Hall–Kier alpha value is -5.58. The lowest BCUT2D eigenvalue weighted by Gasteiger charge is -2.33. The first-order valence-corrected chi connectivity index (χ1v) is 14.7. The molecule has 0 bridgehead atoms. The maximum atomic E-state index is 14.8. The van der Waals surface area contributed by atoms with E-state index >= 15 is 0 Å². The molecule has 0 aliphatic carbocycles. The summed E-state index contributed by atoms with van der Waals surface area (Å²) in [6.45, 7) is 3.90. The molecular weight excluding hydrogens is 540 g/mol. The number of anilines is 2. The molecule has 0 aliphatic rings. The number of carbonyl (C=O) groups excluding carboxylic acids is 2. The molecule has 214 valence electrons. The van der Waals surface area contributed by atoms with Gasteiger partial charge in [-0.05, 0) is 85.6 Å². The third-order valence-corrected chi connectivity index (χ3v) is 7.82. The van der Waals surface area contributed by atoms with Crippen molar-refractivity contribution in [2.45, 2.75) is 13.8 Å². The van der Waals surface area contributed by atoms with Crippen molar-refractivity contribution >= 4 is 34.6 Å². The van der Waals surface area contributed by atoms with Crippen molar-refractivity contribution in [2.75, 3.05) is 5.32 Å². The van der Waals surface area contributed by atoms with E-state index in [0.29, 0.717) is 22.5 Å². The van der Waals surface area contributed by atoms with Gasteiger partial charge in [-0.3, -0.25) is 0 Å². The van der Waals surface area contributed by atoms with E-state index in [2.05, 4.69) is 17.4 Å². The second-order valence-electron chi connectivity index (χ2n) is 11.0. The zero-order chi connectivity index (χ0) is 30.5. The molecule has 0 atom stereocenters. The van der Waals surface area contributed by atoms with Crippen LogP contribution >= 0.6 is 0 Å². The van der Waals surface area contributed by atoms with Gasteiger partial charge in [0.25, 0.3) is 0 Å². The fourth-order valence-electron chi connectivity index (χ4n) is 5.62. The number of quaternary nitrogens is 1. The van der Waals surface area contributed by atoms with Crippen LogP contribution in [0.2, 0.25) is 0 Å². The van der Waals surface area contributed by atoms with E-state index in [4.69, 9.17) is 0 Å². The van der Waals surface area contributed by atoms with Crippen molar-refractivity contribution in [1.29, 1.82) is 0 Å². The molecule has 4 nitrogen and oxygen atoms in total. The van der Waals surface area contributed by atoms with E-state index in [1.807, 2.05) is 147 Å². The topological polar surface area (TPSA) is 46.2 Å². The predicted molar refractivity (Wildman–Crippen MR) is 181 cm³/mol. The van der Waals surface area contributed by atoms with Crippen molar-refractivity contribution in [3.8, 4) is 11.1 Å². The lowest BCUT2D eigenvalue weighted by molar-refractivity contribution is 0.0699. The average Bonchev–Trinajstić information content (AvgIpc) is 3.07. The molecule has 1 N–H and O–H groups in total. The fraction of sp³-hybridized carbons (Fsp3) is 0.0500. The molecule has 2 amide bonds. The van der Waals surface area contributed by atoms with Crippen LogP contribution in [0.5, 0.6) is 0 Å². The molecule has 6 rings (SSSR count). The highest BCUT2D eigenvalue weighted by molar-refractivity contribution is 6.24. The fourth-order valence-corrected chi connectivity index (χ4v) is 5.62. The number of aryl methyl sites for hydroxylation is 2. The molecule has 0 fully saturated rings. The van der Waals surface area contributed by atoms with Gasteiger partial charge in [0.05, 0.1) is 11.1 Å². The van der Waals surface area contributed by atoms with Gasteiger partial charge in [-0.25, -0.2) is 9.59 Å². The van der Waals surface area contributed by atoms with Crippen LogP contribution < -0.4 is 9.80 Å². The quantitative estimate of drug-likeness (QED) is 0.153. The second-order valence-corrected chi connectivity index (χ2v) is 11.0. The maximum Gasteiger partial charge on any atom is 0.363 e. The van der Waals surface area contributed by atoms with E-state index in [1.165, 1.54) is 0 Å². The van der Waals surface area contributed by atoms with Gasteiger partial charge in [-0.1, -0.05) is 83.9 Å². The Morgan fingerprint density at radius 1 is 0.455 bits per heavy atom. The molecule has 0 unspecified atom stereocenters. The second kappa shape index (κ2) is 12.3. The van der Waals surface area contributed by atoms with E-state index in [-0.39, 0.29) is 11.8 Å². The summed E-state index contributed by atoms with van der Waals surface area (Å²) in [6.07, 6.45) is 0. The number of hydrogen-bond donors (Lipinski definition) is 1. The molecule has 0 heterocycles. The molecule has 4 heteroatoms. The first kappa shape index (κ1) is 28.5. The Kier molecular flexibility index (Phi) is 8.00. The number of carbonyl (C=O) groups is 2. The van der Waals surface area contributed by atoms with Crippen LogP contribution in [0.15, 0.2) is 158 Å². The molecular formula is C40H33N2O2+. The average molecular weight is 574 g/mol. The van der Waals surface area contributed by atoms with Crippen LogP contribution in [0, 0.1) is 13.8 Å². The van der Waals surface area contributed by atoms with Gasteiger partial charge in [0.15, 0.2) is 11.4 Å². The number of rotatable bonds is 7. The van der Waals surface area contributed by atoms with Crippen molar-refractivity contribution < 1.29 is 9.59 Å². The summed E-state index contributed by atoms with van der Waals surface area (Å²) < 4.78 is -0.603. The zero-order valence-corrected chi connectivity index (χ0v) is 24.8. The number of benzene rings is 6. The third-order valence-electron chi connectivity index (χ3n) is 7.82. The van der Waals surface area contributed by atoms with Gasteiger partial charge in [-0.2, -0.15) is 0 Å². The Morgan fingerprint density at radius 2 is 0.886 bits per heavy atom. The van der Waals surface area contributed by atoms with Crippen LogP contribution in [0.3, 0.4) is 0 Å². The minimum Gasteiger partial charge on any atom is -0.356 e. The number of nitrogens with zero attached hydrogens (tertiary/aromatic N) is 1. The molecule has 6 aromatic rings. The number of hydrogen-bond acceptors (Lipinski definition) is 3. The summed E-state index contributed by atoms with van der Waals surface area (Å²) >= 11 is 0. The molecule has 0 aliphatic heterocycles. The summed E-state index contributed by atoms with van der Waals surface area (Å²) in [7, 11) is 0. The van der Waals surface area contributed by atoms with Crippen molar-refractivity contribution in [1.82, 2.24) is 4.48 Å². The van der Waals surface area contributed by atoms with Crippen molar-refractivity contribution in [3.63, 3.8) is 0 Å². The molecule has 6 aromatic carbocycles. The highest BCUT2D eigenvalue weighted by Gasteiger charge is 2.50. The van der Waals surface area contributed by atoms with Gasteiger partial charge in [-0.15, -0.1) is 4.48 Å². The Labute approximate surface area is 258 Å². The van der Waals surface area contributed by atoms with Gasteiger partial charge >= 0.3 is 11.8 Å². The molecule has 0 aromatic heterocycles. The highest BCUT2D eigenvalue weighted by Crippen LogP contribution is 2.40. The Balaban J connectivity index is 1.46. The van der Waals surface area contributed by atoms with Crippen LogP contribution in [-0.4, -0.2) is 11.8 Å². The Bertz CT molecular complexity index is 1860. The Morgan fingerprint density at radius 3 is 1.39 bits per heavy atom. The third kappa shape index (κ3) is 5.59. The summed E-state index contributed by atoms with van der Waals surface area (Å²) in [5, 5.41) is 3.42. The summed E-state index contributed by atoms with van der Waals surface area (Å²) in [6, 6.07) is 50.3. The molecule has 44 heavy (non-hydrogen) atoms. The normalized spacial score (nSPS) is 11.1. The first-order valence-electron chi connectivity index (χ1n) is 14.7. The van der Waals surface area contributed by atoms with Crippen molar-refractivity contribution in [3.05, 3.63) is 180 Å². The van der Waals surface area contributed by atoms with E-state index in [0.717, 1.165) is 33.6 Å². The van der Waals surface area contributed by atoms with Crippen LogP contribution in [0.1, 0.15) is 31.8 Å². The number of imide groups is 1. The van der Waals surface area contributed by atoms with Gasteiger partial charge < -0.3 is 5.32 Å². The summed E-state index contributed by atoms with van der Waals surface area (Å²) in [5.74, 6) is -0.619. The lowest BCUT2D eigenvalue weighted by Crippen LogP contribution is -2.54. The molecule has 0 spiro atoms. The first-order chi connectivity index (χ1) is 21.4. The van der Waals surface area contributed by atoms with Crippen LogP contribution in [0.25, 0.3) is 11.1 Å². The number of nitrogens with one attached hydrogen (secondary N) is 1. The zero-order valence-electron chi connectivity index (χ0n) is 24.8. The lowest BCUT2D eigenvalue weighted by atomic mass is 10.00. The SMILES string of the molecule is Cc1cccc(C(=O)[N+](C(=O)c2cccc(C)c2)(c2ccccc2)c2ccc(-c3ccc(Nc4ccccc4)cc3)cc2)c1.